The van der Waals surface area contributed by atoms with Crippen molar-refractivity contribution in [2.75, 3.05) is 32.7 Å². The first-order valence-electron chi connectivity index (χ1n) is 4.64. The van der Waals surface area contributed by atoms with Crippen molar-refractivity contribution in [1.82, 2.24) is 9.97 Å². The lowest BCUT2D eigenvalue weighted by atomic mass is 10.5. The second-order valence-electron chi connectivity index (χ2n) is 2.64. The normalized spacial score (nSPS) is 10.0. The van der Waals surface area contributed by atoms with Crippen molar-refractivity contribution in [3.05, 3.63) is 6.33 Å². The topological polar surface area (TPSA) is 79.5 Å². The Balaban J connectivity index is 2.56. The van der Waals surface area contributed by atoms with Gasteiger partial charge in [0.25, 0.3) is 5.88 Å². The van der Waals surface area contributed by atoms with E-state index in [1.165, 1.54) is 13.4 Å². The fourth-order valence-corrected chi connectivity index (χ4v) is 1.01. The highest BCUT2D eigenvalue weighted by molar-refractivity contribution is 5.51. The molecule has 0 saturated heterocycles. The SMILES string of the molecule is CCOCCOc1ncnc(N)c1OC. The van der Waals surface area contributed by atoms with E-state index in [1.807, 2.05) is 6.92 Å². The summed E-state index contributed by atoms with van der Waals surface area (Å²) in [5.41, 5.74) is 5.57. The van der Waals surface area contributed by atoms with E-state index < -0.39 is 0 Å². The Morgan fingerprint density at radius 3 is 2.80 bits per heavy atom. The van der Waals surface area contributed by atoms with Crippen LogP contribution in [0.4, 0.5) is 5.82 Å². The second kappa shape index (κ2) is 6.02. The maximum atomic E-state index is 5.57. The Hall–Kier alpha value is -1.56. The number of aromatic nitrogens is 2. The Kier molecular flexibility index (Phi) is 4.62. The van der Waals surface area contributed by atoms with Crippen LogP contribution in [0.25, 0.3) is 0 Å². The molecule has 0 spiro atoms. The van der Waals surface area contributed by atoms with Gasteiger partial charge in [-0.1, -0.05) is 0 Å². The second-order valence-corrected chi connectivity index (χ2v) is 2.64. The molecule has 1 rings (SSSR count). The van der Waals surface area contributed by atoms with E-state index in [0.717, 1.165) is 0 Å². The molecule has 1 aromatic rings. The van der Waals surface area contributed by atoms with E-state index in [0.29, 0.717) is 31.5 Å². The number of nitrogens with zero attached hydrogens (tertiary/aromatic N) is 2. The molecule has 84 valence electrons. The fourth-order valence-electron chi connectivity index (χ4n) is 1.01. The molecule has 1 heterocycles. The lowest BCUT2D eigenvalue weighted by Crippen LogP contribution is -2.09. The predicted octanol–water partition coefficient (Wildman–Crippen LogP) is 0.483. The average Bonchev–Trinajstić information content (AvgIpc) is 2.24. The maximum Gasteiger partial charge on any atom is 0.262 e. The van der Waals surface area contributed by atoms with Crippen LogP contribution in [0.2, 0.25) is 0 Å². The van der Waals surface area contributed by atoms with Gasteiger partial charge in [-0.15, -0.1) is 0 Å². The molecule has 0 radical (unpaired) electrons. The van der Waals surface area contributed by atoms with Crippen LogP contribution in [0.5, 0.6) is 11.6 Å². The Morgan fingerprint density at radius 2 is 2.13 bits per heavy atom. The van der Waals surface area contributed by atoms with Crippen molar-refractivity contribution < 1.29 is 14.2 Å². The van der Waals surface area contributed by atoms with Gasteiger partial charge in [0.15, 0.2) is 5.82 Å². The molecular weight excluding hydrogens is 198 g/mol. The first kappa shape index (κ1) is 11.5. The minimum Gasteiger partial charge on any atom is -0.489 e. The summed E-state index contributed by atoms with van der Waals surface area (Å²) in [5.74, 6) is 0.956. The van der Waals surface area contributed by atoms with E-state index in [4.69, 9.17) is 19.9 Å². The van der Waals surface area contributed by atoms with Crippen LogP contribution in [-0.2, 0) is 4.74 Å². The van der Waals surface area contributed by atoms with Crippen molar-refractivity contribution >= 4 is 5.82 Å². The van der Waals surface area contributed by atoms with Gasteiger partial charge in [0.2, 0.25) is 5.75 Å². The summed E-state index contributed by atoms with van der Waals surface area (Å²) in [6.45, 7) is 3.49. The van der Waals surface area contributed by atoms with Crippen molar-refractivity contribution in [1.29, 1.82) is 0 Å². The highest BCUT2D eigenvalue weighted by atomic mass is 16.5. The Bertz CT molecular complexity index is 307. The summed E-state index contributed by atoms with van der Waals surface area (Å²) >= 11 is 0. The number of nitrogen functional groups attached to an aromatic ring is 1. The van der Waals surface area contributed by atoms with Crippen molar-refractivity contribution in [3.8, 4) is 11.6 Å². The molecular formula is C9H15N3O3. The Morgan fingerprint density at radius 1 is 1.33 bits per heavy atom. The van der Waals surface area contributed by atoms with Crippen LogP contribution in [0, 0.1) is 0 Å². The van der Waals surface area contributed by atoms with E-state index in [2.05, 4.69) is 9.97 Å². The first-order valence-corrected chi connectivity index (χ1v) is 4.64. The van der Waals surface area contributed by atoms with Gasteiger partial charge in [-0.3, -0.25) is 0 Å². The van der Waals surface area contributed by atoms with Gasteiger partial charge < -0.3 is 19.9 Å². The molecule has 0 aromatic carbocycles. The standard InChI is InChI=1S/C9H15N3O3/c1-3-14-4-5-15-9-7(13-2)8(10)11-6-12-9/h6H,3-5H2,1-2H3,(H2,10,11,12). The third-order valence-electron chi connectivity index (χ3n) is 1.67. The summed E-state index contributed by atoms with van der Waals surface area (Å²) in [6, 6.07) is 0. The molecule has 0 saturated carbocycles. The van der Waals surface area contributed by atoms with E-state index >= 15 is 0 Å². The number of methoxy groups -OCH3 is 1. The molecule has 0 atom stereocenters. The zero-order valence-electron chi connectivity index (χ0n) is 8.90. The van der Waals surface area contributed by atoms with E-state index in [-0.39, 0.29) is 5.82 Å². The van der Waals surface area contributed by atoms with Gasteiger partial charge in [0, 0.05) is 6.61 Å². The van der Waals surface area contributed by atoms with Crippen LogP contribution in [0.1, 0.15) is 6.92 Å². The molecule has 0 aliphatic rings. The molecule has 2 N–H and O–H groups in total. The third kappa shape index (κ3) is 3.25. The minimum atomic E-state index is 0.263. The summed E-state index contributed by atoms with van der Waals surface area (Å²) in [4.78, 5) is 7.70. The molecule has 0 unspecified atom stereocenters. The smallest absolute Gasteiger partial charge is 0.262 e. The first-order chi connectivity index (χ1) is 7.29. The lowest BCUT2D eigenvalue weighted by molar-refractivity contribution is 0.107. The fraction of sp³-hybridized carbons (Fsp3) is 0.556. The van der Waals surface area contributed by atoms with E-state index in [9.17, 15) is 0 Å². The van der Waals surface area contributed by atoms with Gasteiger partial charge in [-0.25, -0.2) is 4.98 Å². The highest BCUT2D eigenvalue weighted by Gasteiger charge is 2.10. The Labute approximate surface area is 88.4 Å². The maximum absolute atomic E-state index is 5.57. The molecule has 6 heteroatoms. The van der Waals surface area contributed by atoms with Gasteiger partial charge in [-0.2, -0.15) is 4.98 Å². The van der Waals surface area contributed by atoms with Crippen molar-refractivity contribution in [3.63, 3.8) is 0 Å². The number of ether oxygens (including phenoxy) is 3. The van der Waals surface area contributed by atoms with Crippen LogP contribution in [0.3, 0.4) is 0 Å². The monoisotopic (exact) mass is 213 g/mol. The van der Waals surface area contributed by atoms with Crippen LogP contribution < -0.4 is 15.2 Å². The summed E-state index contributed by atoms with van der Waals surface area (Å²) in [5, 5.41) is 0. The van der Waals surface area contributed by atoms with Gasteiger partial charge in [0.1, 0.15) is 12.9 Å². The summed E-state index contributed by atoms with van der Waals surface area (Å²) in [6.07, 6.45) is 1.33. The molecule has 0 bridgehead atoms. The molecule has 0 amide bonds. The van der Waals surface area contributed by atoms with Gasteiger partial charge >= 0.3 is 0 Å². The van der Waals surface area contributed by atoms with E-state index in [1.54, 1.807) is 0 Å². The van der Waals surface area contributed by atoms with Crippen molar-refractivity contribution in [2.24, 2.45) is 0 Å². The molecule has 6 nitrogen and oxygen atoms in total. The average molecular weight is 213 g/mol. The number of anilines is 1. The predicted molar refractivity (Wildman–Crippen MR) is 55.0 cm³/mol. The number of hydrogen-bond acceptors (Lipinski definition) is 6. The summed E-state index contributed by atoms with van der Waals surface area (Å²) < 4.78 is 15.5. The number of nitrogens with two attached hydrogens (primary N) is 1. The third-order valence-corrected chi connectivity index (χ3v) is 1.67. The van der Waals surface area contributed by atoms with Gasteiger partial charge in [0.05, 0.1) is 13.7 Å². The molecule has 0 fully saturated rings. The van der Waals surface area contributed by atoms with Crippen LogP contribution in [-0.4, -0.2) is 36.9 Å². The molecule has 0 aliphatic carbocycles. The minimum absolute atomic E-state index is 0.263. The lowest BCUT2D eigenvalue weighted by Gasteiger charge is -2.09. The quantitative estimate of drug-likeness (QED) is 0.692. The molecule has 0 aliphatic heterocycles. The number of hydrogen-bond donors (Lipinski definition) is 1. The largest absolute Gasteiger partial charge is 0.489 e. The number of rotatable bonds is 6. The zero-order valence-corrected chi connectivity index (χ0v) is 8.90. The van der Waals surface area contributed by atoms with Crippen LogP contribution >= 0.6 is 0 Å². The zero-order chi connectivity index (χ0) is 11.1. The van der Waals surface area contributed by atoms with Crippen LogP contribution in [0.15, 0.2) is 6.33 Å². The molecule has 1 aromatic heterocycles. The van der Waals surface area contributed by atoms with Gasteiger partial charge in [-0.05, 0) is 6.92 Å². The molecule has 15 heavy (non-hydrogen) atoms. The summed E-state index contributed by atoms with van der Waals surface area (Å²) in [7, 11) is 1.49. The van der Waals surface area contributed by atoms with Crippen molar-refractivity contribution in [2.45, 2.75) is 6.92 Å². The highest BCUT2D eigenvalue weighted by Crippen LogP contribution is 2.28.